The maximum Gasteiger partial charge on any atom is 0.237 e. The summed E-state index contributed by atoms with van der Waals surface area (Å²) in [6, 6.07) is 8.00. The minimum Gasteiger partial charge on any atom is -0.348 e. The molecular weight excluding hydrogens is 236 g/mol. The molecule has 0 spiro atoms. The number of hydrogen-bond donors (Lipinski definition) is 2. The molecule has 1 aromatic rings. The van der Waals surface area contributed by atoms with Gasteiger partial charge in [0, 0.05) is 0 Å². The number of fused-ring (bicyclic) bond motifs is 1. The van der Waals surface area contributed by atoms with Crippen molar-refractivity contribution in [1.29, 1.82) is 0 Å². The van der Waals surface area contributed by atoms with Crippen molar-refractivity contribution in [2.75, 3.05) is 0 Å². The molecule has 1 aliphatic carbocycles. The van der Waals surface area contributed by atoms with E-state index < -0.39 is 6.04 Å². The Hall–Kier alpha value is -1.35. The quantitative estimate of drug-likeness (QED) is 0.858. The summed E-state index contributed by atoms with van der Waals surface area (Å²) in [5.41, 5.74) is 8.41. The van der Waals surface area contributed by atoms with Gasteiger partial charge >= 0.3 is 0 Å². The molecule has 0 aliphatic heterocycles. The third kappa shape index (κ3) is 3.16. The van der Waals surface area contributed by atoms with Crippen molar-refractivity contribution < 1.29 is 4.79 Å². The van der Waals surface area contributed by atoms with E-state index in [2.05, 4.69) is 23.5 Å². The highest BCUT2D eigenvalue weighted by Gasteiger charge is 2.30. The van der Waals surface area contributed by atoms with Gasteiger partial charge in [-0.25, -0.2) is 0 Å². The second kappa shape index (κ2) is 5.33. The fraction of sp³-hybridized carbons (Fsp3) is 0.562. The highest BCUT2D eigenvalue weighted by atomic mass is 16.2. The molecule has 1 aliphatic rings. The van der Waals surface area contributed by atoms with Gasteiger partial charge in [0.05, 0.1) is 12.1 Å². The van der Waals surface area contributed by atoms with Crippen LogP contribution in [0.1, 0.15) is 50.8 Å². The lowest BCUT2D eigenvalue weighted by Crippen LogP contribution is -2.49. The van der Waals surface area contributed by atoms with Gasteiger partial charge in [0.1, 0.15) is 0 Å². The molecule has 1 unspecified atom stereocenters. The van der Waals surface area contributed by atoms with Crippen LogP contribution in [-0.4, -0.2) is 11.9 Å². The van der Waals surface area contributed by atoms with Crippen LogP contribution in [0, 0.1) is 5.41 Å². The highest BCUT2D eigenvalue weighted by Crippen LogP contribution is 2.30. The zero-order valence-electron chi connectivity index (χ0n) is 12.1. The molecule has 0 heterocycles. The minimum absolute atomic E-state index is 0.0470. The van der Waals surface area contributed by atoms with Crippen LogP contribution >= 0.6 is 0 Å². The van der Waals surface area contributed by atoms with Gasteiger partial charge in [-0.3, -0.25) is 4.79 Å². The van der Waals surface area contributed by atoms with Crippen molar-refractivity contribution in [3.63, 3.8) is 0 Å². The lowest BCUT2D eigenvalue weighted by molar-refractivity contribution is -0.125. The first kappa shape index (κ1) is 14.1. The smallest absolute Gasteiger partial charge is 0.237 e. The molecule has 2 atom stereocenters. The molecule has 0 fully saturated rings. The number of carbonyl (C=O) groups is 1. The fourth-order valence-electron chi connectivity index (χ4n) is 2.56. The van der Waals surface area contributed by atoms with Crippen LogP contribution in [0.2, 0.25) is 0 Å². The Morgan fingerprint density at radius 3 is 2.74 bits per heavy atom. The fourth-order valence-corrected chi connectivity index (χ4v) is 2.56. The number of carbonyl (C=O) groups excluding carboxylic acids is 1. The topological polar surface area (TPSA) is 55.1 Å². The Morgan fingerprint density at radius 1 is 1.37 bits per heavy atom. The molecule has 3 heteroatoms. The van der Waals surface area contributed by atoms with Crippen LogP contribution in [0.4, 0.5) is 0 Å². The van der Waals surface area contributed by atoms with Gasteiger partial charge in [-0.15, -0.1) is 0 Å². The van der Waals surface area contributed by atoms with Crippen LogP contribution in [-0.2, 0) is 11.2 Å². The molecule has 104 valence electrons. The van der Waals surface area contributed by atoms with E-state index in [1.165, 1.54) is 11.1 Å². The molecule has 0 bridgehead atoms. The van der Waals surface area contributed by atoms with Crippen molar-refractivity contribution in [3.05, 3.63) is 35.4 Å². The Bertz CT molecular complexity index is 462. The number of amides is 1. The summed E-state index contributed by atoms with van der Waals surface area (Å²) >= 11 is 0. The normalized spacial score (nSPS) is 20.5. The number of rotatable bonds is 2. The maximum atomic E-state index is 12.2. The number of nitrogens with one attached hydrogen (secondary N) is 1. The average molecular weight is 260 g/mol. The molecule has 2 rings (SSSR count). The van der Waals surface area contributed by atoms with E-state index in [4.69, 9.17) is 5.73 Å². The summed E-state index contributed by atoms with van der Waals surface area (Å²) in [6.07, 6.45) is 3.22. The van der Waals surface area contributed by atoms with Crippen LogP contribution < -0.4 is 11.1 Å². The molecule has 0 saturated carbocycles. The number of nitrogens with two attached hydrogens (primary N) is 1. The van der Waals surface area contributed by atoms with Crippen molar-refractivity contribution in [2.45, 2.75) is 52.1 Å². The van der Waals surface area contributed by atoms with Gasteiger partial charge in [-0.1, -0.05) is 45.0 Å². The third-order valence-electron chi connectivity index (χ3n) is 3.90. The van der Waals surface area contributed by atoms with E-state index in [1.807, 2.05) is 26.8 Å². The Balaban J connectivity index is 2.11. The zero-order valence-corrected chi connectivity index (χ0v) is 12.1. The van der Waals surface area contributed by atoms with Gasteiger partial charge in [0.25, 0.3) is 0 Å². The zero-order chi connectivity index (χ0) is 14.0. The van der Waals surface area contributed by atoms with Gasteiger partial charge < -0.3 is 11.1 Å². The second-order valence-electron chi connectivity index (χ2n) is 6.50. The average Bonchev–Trinajstić information content (AvgIpc) is 2.37. The SMILES string of the molecule is CC(C)(C)[C@@H](N)C(=O)NC1CCCc2ccccc21. The number of aryl methyl sites for hydroxylation is 1. The van der Waals surface area contributed by atoms with Crippen LogP contribution in [0.3, 0.4) is 0 Å². The lowest BCUT2D eigenvalue weighted by atomic mass is 9.85. The predicted octanol–water partition coefficient (Wildman–Crippen LogP) is 2.55. The maximum absolute atomic E-state index is 12.2. The van der Waals surface area contributed by atoms with Gasteiger partial charge in [-0.05, 0) is 35.8 Å². The van der Waals surface area contributed by atoms with Gasteiger partial charge in [0.15, 0.2) is 0 Å². The standard InChI is InChI=1S/C16H24N2O/c1-16(2,3)14(17)15(19)18-13-10-6-8-11-7-4-5-9-12(11)13/h4-5,7,9,13-14H,6,8,10,17H2,1-3H3,(H,18,19)/t13?,14-/m0/s1. The second-order valence-corrected chi connectivity index (χ2v) is 6.50. The first-order valence-corrected chi connectivity index (χ1v) is 7.03. The van der Waals surface area contributed by atoms with E-state index in [1.54, 1.807) is 0 Å². The molecule has 1 aromatic carbocycles. The molecule has 3 nitrogen and oxygen atoms in total. The molecule has 0 saturated heterocycles. The van der Waals surface area contributed by atoms with E-state index >= 15 is 0 Å². The Morgan fingerprint density at radius 2 is 2.05 bits per heavy atom. The monoisotopic (exact) mass is 260 g/mol. The van der Waals surface area contributed by atoms with E-state index in [0.29, 0.717) is 0 Å². The summed E-state index contributed by atoms with van der Waals surface area (Å²) in [5, 5.41) is 3.12. The van der Waals surface area contributed by atoms with Crippen molar-refractivity contribution in [3.8, 4) is 0 Å². The third-order valence-corrected chi connectivity index (χ3v) is 3.90. The van der Waals surface area contributed by atoms with Gasteiger partial charge in [-0.2, -0.15) is 0 Å². The lowest BCUT2D eigenvalue weighted by Gasteiger charge is -2.31. The predicted molar refractivity (Wildman–Crippen MR) is 77.7 cm³/mol. The molecule has 19 heavy (non-hydrogen) atoms. The first-order chi connectivity index (χ1) is 8.89. The summed E-state index contributed by atoms with van der Waals surface area (Å²) in [5.74, 6) is -0.0470. The molecular formula is C16H24N2O. The van der Waals surface area contributed by atoms with Crippen LogP contribution in [0.5, 0.6) is 0 Å². The molecule has 3 N–H and O–H groups in total. The summed E-state index contributed by atoms with van der Waals surface area (Å²) in [6.45, 7) is 5.98. The Labute approximate surface area is 115 Å². The highest BCUT2D eigenvalue weighted by molar-refractivity contribution is 5.82. The largest absolute Gasteiger partial charge is 0.348 e. The van der Waals surface area contributed by atoms with E-state index in [-0.39, 0.29) is 17.4 Å². The Kier molecular flexibility index (Phi) is 3.95. The summed E-state index contributed by atoms with van der Waals surface area (Å²) < 4.78 is 0. The van der Waals surface area contributed by atoms with Crippen molar-refractivity contribution in [2.24, 2.45) is 11.1 Å². The number of benzene rings is 1. The van der Waals surface area contributed by atoms with Gasteiger partial charge in [0.2, 0.25) is 5.91 Å². The number of hydrogen-bond acceptors (Lipinski definition) is 2. The van der Waals surface area contributed by atoms with Crippen LogP contribution in [0.25, 0.3) is 0 Å². The molecule has 0 aromatic heterocycles. The van der Waals surface area contributed by atoms with Crippen LogP contribution in [0.15, 0.2) is 24.3 Å². The van der Waals surface area contributed by atoms with E-state index in [9.17, 15) is 4.79 Å². The molecule has 1 amide bonds. The molecule has 0 radical (unpaired) electrons. The van der Waals surface area contributed by atoms with Crippen molar-refractivity contribution >= 4 is 5.91 Å². The minimum atomic E-state index is -0.471. The first-order valence-electron chi connectivity index (χ1n) is 7.03. The summed E-state index contributed by atoms with van der Waals surface area (Å²) in [7, 11) is 0. The van der Waals surface area contributed by atoms with Crippen molar-refractivity contribution in [1.82, 2.24) is 5.32 Å². The summed E-state index contributed by atoms with van der Waals surface area (Å²) in [4.78, 5) is 12.2. The van der Waals surface area contributed by atoms with E-state index in [0.717, 1.165) is 19.3 Å².